The predicted octanol–water partition coefficient (Wildman–Crippen LogP) is 3.82. The van der Waals surface area contributed by atoms with Gasteiger partial charge in [0.1, 0.15) is 5.75 Å². The Balaban J connectivity index is 2.68. The number of hydrogen-bond donors (Lipinski definition) is 1. The van der Waals surface area contributed by atoms with Crippen LogP contribution < -0.4 is 9.47 Å². The molecule has 0 amide bonds. The molecule has 0 spiro atoms. The van der Waals surface area contributed by atoms with E-state index in [-0.39, 0.29) is 12.4 Å². The second-order valence-electron chi connectivity index (χ2n) is 5.07. The van der Waals surface area contributed by atoms with Crippen LogP contribution in [0.4, 0.5) is 0 Å². The number of hydrogen-bond acceptors (Lipinski definition) is 5. The van der Waals surface area contributed by atoms with Gasteiger partial charge in [0.05, 0.1) is 20.3 Å². The van der Waals surface area contributed by atoms with Gasteiger partial charge in [-0.3, -0.25) is 4.79 Å². The van der Waals surface area contributed by atoms with E-state index in [1.165, 1.54) is 7.11 Å². The number of phenolic OH excluding ortho intramolecular Hbond substituents is 1. The number of methoxy groups -OCH3 is 1. The quantitative estimate of drug-likeness (QED) is 0.746. The van der Waals surface area contributed by atoms with Crippen LogP contribution in [0.2, 0.25) is 0 Å². The summed E-state index contributed by atoms with van der Waals surface area (Å²) in [5.74, 6) is 0.803. The molecule has 0 saturated carbocycles. The summed E-state index contributed by atoms with van der Waals surface area (Å²) in [5.41, 5.74) is 2.01. The maximum atomic E-state index is 11.6. The van der Waals surface area contributed by atoms with Crippen LogP contribution in [-0.2, 0) is 11.3 Å². The Hall–Kier alpha value is -2.53. The van der Waals surface area contributed by atoms with Gasteiger partial charge in [-0.05, 0) is 26.0 Å². The molecule has 2 aromatic rings. The van der Waals surface area contributed by atoms with Crippen LogP contribution in [0.3, 0.4) is 0 Å². The highest BCUT2D eigenvalue weighted by molar-refractivity contribution is 5.94. The van der Waals surface area contributed by atoms with Gasteiger partial charge in [-0.25, -0.2) is 0 Å². The van der Waals surface area contributed by atoms with Crippen LogP contribution in [-0.4, -0.2) is 31.7 Å². The fraction of sp³-hybridized carbons (Fsp3) is 0.316. The van der Waals surface area contributed by atoms with Gasteiger partial charge in [-0.15, -0.1) is 0 Å². The van der Waals surface area contributed by atoms with Crippen LogP contribution >= 0.6 is 0 Å². The van der Waals surface area contributed by atoms with Gasteiger partial charge >= 0.3 is 0 Å². The molecule has 0 unspecified atom stereocenters. The van der Waals surface area contributed by atoms with Crippen molar-refractivity contribution >= 4 is 6.29 Å². The molecule has 128 valence electrons. The molecule has 0 atom stereocenters. The first-order chi connectivity index (χ1) is 11.7. The minimum atomic E-state index is -0.0936. The van der Waals surface area contributed by atoms with Crippen molar-refractivity contribution in [1.29, 1.82) is 0 Å². The minimum Gasteiger partial charge on any atom is -0.504 e. The molecule has 0 aliphatic heterocycles. The van der Waals surface area contributed by atoms with Crippen molar-refractivity contribution in [3.63, 3.8) is 0 Å². The standard InChI is InChI=1S/C19H22O5/c1-4-23-12-14-10-13(11-20)17(18(21)19(14)22-3)15-8-6-7-9-16(15)24-5-2/h6-11,21H,4-5,12H2,1-3H3. The Morgan fingerprint density at radius 1 is 1.17 bits per heavy atom. The third-order valence-corrected chi connectivity index (χ3v) is 3.61. The lowest BCUT2D eigenvalue weighted by Crippen LogP contribution is -2.02. The van der Waals surface area contributed by atoms with Gasteiger partial charge in [0.15, 0.2) is 17.8 Å². The van der Waals surface area contributed by atoms with E-state index in [4.69, 9.17) is 14.2 Å². The third-order valence-electron chi connectivity index (χ3n) is 3.61. The fourth-order valence-corrected chi connectivity index (χ4v) is 2.61. The van der Waals surface area contributed by atoms with E-state index in [1.807, 2.05) is 26.0 Å². The monoisotopic (exact) mass is 330 g/mol. The molecule has 0 bridgehead atoms. The highest BCUT2D eigenvalue weighted by Gasteiger charge is 2.21. The molecule has 1 N–H and O–H groups in total. The summed E-state index contributed by atoms with van der Waals surface area (Å²) in [5, 5.41) is 10.7. The zero-order chi connectivity index (χ0) is 17.5. The van der Waals surface area contributed by atoms with Gasteiger partial charge in [-0.1, -0.05) is 18.2 Å². The number of carbonyl (C=O) groups is 1. The Labute approximate surface area is 141 Å². The average Bonchev–Trinajstić information content (AvgIpc) is 2.60. The molecule has 0 radical (unpaired) electrons. The topological polar surface area (TPSA) is 65.0 Å². The van der Waals surface area contributed by atoms with Crippen LogP contribution in [0.15, 0.2) is 30.3 Å². The number of para-hydroxylation sites is 1. The lowest BCUT2D eigenvalue weighted by atomic mass is 9.95. The predicted molar refractivity (Wildman–Crippen MR) is 92.0 cm³/mol. The van der Waals surface area contributed by atoms with E-state index in [9.17, 15) is 9.90 Å². The first-order valence-corrected chi connectivity index (χ1v) is 7.85. The Kier molecular flexibility index (Phi) is 6.21. The molecule has 5 nitrogen and oxygen atoms in total. The van der Waals surface area contributed by atoms with Gasteiger partial charge in [0.2, 0.25) is 0 Å². The summed E-state index contributed by atoms with van der Waals surface area (Å²) in [6, 6.07) is 8.95. The maximum Gasteiger partial charge on any atom is 0.166 e. The van der Waals surface area contributed by atoms with Crippen molar-refractivity contribution in [2.75, 3.05) is 20.3 Å². The fourth-order valence-electron chi connectivity index (χ4n) is 2.61. The van der Waals surface area contributed by atoms with E-state index < -0.39 is 0 Å². The van der Waals surface area contributed by atoms with Crippen molar-refractivity contribution in [3.05, 3.63) is 41.5 Å². The summed E-state index contributed by atoms with van der Waals surface area (Å²) >= 11 is 0. The zero-order valence-electron chi connectivity index (χ0n) is 14.2. The van der Waals surface area contributed by atoms with E-state index in [2.05, 4.69) is 0 Å². The molecular weight excluding hydrogens is 308 g/mol. The van der Waals surface area contributed by atoms with Gasteiger partial charge < -0.3 is 19.3 Å². The van der Waals surface area contributed by atoms with Crippen LogP contribution in [0, 0.1) is 0 Å². The number of rotatable bonds is 8. The molecule has 0 fully saturated rings. The van der Waals surface area contributed by atoms with Crippen molar-refractivity contribution in [2.45, 2.75) is 20.5 Å². The Morgan fingerprint density at radius 2 is 1.92 bits per heavy atom. The number of aldehydes is 1. The first kappa shape index (κ1) is 17.8. The number of aromatic hydroxyl groups is 1. The van der Waals surface area contributed by atoms with Crippen molar-refractivity contribution in [2.24, 2.45) is 0 Å². The maximum absolute atomic E-state index is 11.6. The average molecular weight is 330 g/mol. The van der Waals surface area contributed by atoms with E-state index in [1.54, 1.807) is 18.2 Å². The SMILES string of the molecule is CCOCc1cc(C=O)c(-c2ccccc2OCC)c(O)c1OC. The second-order valence-corrected chi connectivity index (χ2v) is 5.07. The molecular formula is C19H22O5. The highest BCUT2D eigenvalue weighted by atomic mass is 16.5. The number of benzene rings is 2. The second kappa shape index (κ2) is 8.36. The van der Waals surface area contributed by atoms with Crippen LogP contribution in [0.1, 0.15) is 29.8 Å². The summed E-state index contributed by atoms with van der Waals surface area (Å²) in [7, 11) is 1.48. The minimum absolute atomic E-state index is 0.0936. The smallest absolute Gasteiger partial charge is 0.166 e. The third kappa shape index (κ3) is 3.51. The van der Waals surface area contributed by atoms with Crippen molar-refractivity contribution in [3.8, 4) is 28.4 Å². The summed E-state index contributed by atoms with van der Waals surface area (Å²) in [6.07, 6.45) is 0.715. The van der Waals surface area contributed by atoms with Crippen LogP contribution in [0.5, 0.6) is 17.2 Å². The molecule has 0 saturated heterocycles. The summed E-state index contributed by atoms with van der Waals surface area (Å²) in [6.45, 7) is 5.01. The van der Waals surface area contributed by atoms with Gasteiger partial charge in [-0.2, -0.15) is 0 Å². The molecule has 24 heavy (non-hydrogen) atoms. The lowest BCUT2D eigenvalue weighted by molar-refractivity contribution is 0.112. The van der Waals surface area contributed by atoms with E-state index in [0.29, 0.717) is 53.3 Å². The van der Waals surface area contributed by atoms with Crippen LogP contribution in [0.25, 0.3) is 11.1 Å². The van der Waals surface area contributed by atoms with E-state index in [0.717, 1.165) is 0 Å². The van der Waals surface area contributed by atoms with E-state index >= 15 is 0 Å². The molecule has 0 heterocycles. The summed E-state index contributed by atoms with van der Waals surface area (Å²) in [4.78, 5) is 11.6. The number of carbonyl (C=O) groups excluding carboxylic acids is 1. The van der Waals surface area contributed by atoms with Gasteiger partial charge in [0, 0.05) is 28.9 Å². The molecule has 2 aromatic carbocycles. The van der Waals surface area contributed by atoms with Crippen molar-refractivity contribution < 1.29 is 24.1 Å². The van der Waals surface area contributed by atoms with Crippen molar-refractivity contribution in [1.82, 2.24) is 0 Å². The molecule has 5 heteroatoms. The highest BCUT2D eigenvalue weighted by Crippen LogP contribution is 2.45. The molecule has 0 aliphatic carbocycles. The number of phenols is 1. The molecule has 0 aliphatic rings. The molecule has 0 aromatic heterocycles. The molecule has 2 rings (SSSR count). The summed E-state index contributed by atoms with van der Waals surface area (Å²) < 4.78 is 16.4. The van der Waals surface area contributed by atoms with Gasteiger partial charge in [0.25, 0.3) is 0 Å². The largest absolute Gasteiger partial charge is 0.504 e. The lowest BCUT2D eigenvalue weighted by Gasteiger charge is -2.18. The zero-order valence-corrected chi connectivity index (χ0v) is 14.2. The Bertz CT molecular complexity index is 709. The Morgan fingerprint density at radius 3 is 2.54 bits per heavy atom. The number of ether oxygens (including phenoxy) is 3. The first-order valence-electron chi connectivity index (χ1n) is 7.85. The normalized spacial score (nSPS) is 10.5.